The van der Waals surface area contributed by atoms with Crippen LogP contribution < -0.4 is 0 Å². The summed E-state index contributed by atoms with van der Waals surface area (Å²) >= 11 is 0. The molecule has 0 unspecified atom stereocenters. The van der Waals surface area contributed by atoms with E-state index in [1.165, 1.54) is 129 Å². The van der Waals surface area contributed by atoms with Crippen LogP contribution in [-0.2, 0) is 19.1 Å². The van der Waals surface area contributed by atoms with Crippen LogP contribution in [0.1, 0.15) is 208 Å². The molecule has 0 heterocycles. The Hall–Kier alpha value is -1.10. The first-order valence-corrected chi connectivity index (χ1v) is 19.3. The van der Waals surface area contributed by atoms with Crippen LogP contribution in [0.2, 0.25) is 0 Å². The van der Waals surface area contributed by atoms with E-state index < -0.39 is 0 Å². The summed E-state index contributed by atoms with van der Waals surface area (Å²) in [7, 11) is 0. The molecule has 0 saturated carbocycles. The maximum Gasteiger partial charge on any atom is 0.306 e. The van der Waals surface area contributed by atoms with Crippen molar-refractivity contribution >= 4 is 11.9 Å². The third-order valence-corrected chi connectivity index (χ3v) is 8.64. The summed E-state index contributed by atoms with van der Waals surface area (Å²) in [5, 5.41) is 0. The normalized spacial score (nSPS) is 11.9. The van der Waals surface area contributed by atoms with Gasteiger partial charge in [-0.05, 0) is 91.8 Å². The van der Waals surface area contributed by atoms with E-state index in [0.29, 0.717) is 12.8 Å². The molecule has 0 spiro atoms. The molecule has 0 aliphatic heterocycles. The molecule has 0 bridgehead atoms. The summed E-state index contributed by atoms with van der Waals surface area (Å²) in [4.78, 5) is 27.0. The summed E-state index contributed by atoms with van der Waals surface area (Å²) < 4.78 is 11.4. The van der Waals surface area contributed by atoms with Gasteiger partial charge in [0.1, 0.15) is 11.7 Å². The van der Waals surface area contributed by atoms with Crippen molar-refractivity contribution in [1.29, 1.82) is 0 Å². The lowest BCUT2D eigenvalue weighted by molar-refractivity contribution is -0.155. The Morgan fingerprint density at radius 3 is 1.34 bits per heavy atom. The third kappa shape index (κ3) is 30.9. The number of ether oxygens (including phenoxy) is 2. The standard InChI is InChI=1S/C39H77NO4/c1-7-10-12-14-18-24-30-36(31-25-19-15-13-11-8-2)43-37(41)32-26-20-16-22-28-34-40(9-3)35-29-23-17-21-27-33-38(42)44-39(4,5)6/h36H,7-35H2,1-6H3. The van der Waals surface area contributed by atoms with Gasteiger partial charge in [0.25, 0.3) is 0 Å². The number of unbranched alkanes of at least 4 members (excludes halogenated alkanes) is 18. The average molecular weight is 624 g/mol. The third-order valence-electron chi connectivity index (χ3n) is 8.64. The van der Waals surface area contributed by atoms with Crippen LogP contribution in [0.3, 0.4) is 0 Å². The Labute approximate surface area is 275 Å². The molecule has 0 radical (unpaired) electrons. The van der Waals surface area contributed by atoms with Gasteiger partial charge in [-0.2, -0.15) is 0 Å². The zero-order chi connectivity index (χ0) is 32.7. The van der Waals surface area contributed by atoms with E-state index in [-0.39, 0.29) is 23.6 Å². The van der Waals surface area contributed by atoms with Crippen LogP contribution in [0, 0.1) is 0 Å². The highest BCUT2D eigenvalue weighted by Gasteiger charge is 2.16. The Morgan fingerprint density at radius 1 is 0.523 bits per heavy atom. The van der Waals surface area contributed by atoms with E-state index in [4.69, 9.17) is 9.47 Å². The Morgan fingerprint density at radius 2 is 0.909 bits per heavy atom. The van der Waals surface area contributed by atoms with Gasteiger partial charge in [-0.15, -0.1) is 0 Å². The van der Waals surface area contributed by atoms with Crippen molar-refractivity contribution in [3.8, 4) is 0 Å². The maximum absolute atomic E-state index is 12.6. The van der Waals surface area contributed by atoms with Gasteiger partial charge in [0, 0.05) is 12.8 Å². The summed E-state index contributed by atoms with van der Waals surface area (Å²) in [5.41, 5.74) is -0.377. The van der Waals surface area contributed by atoms with Crippen molar-refractivity contribution in [2.75, 3.05) is 19.6 Å². The smallest absolute Gasteiger partial charge is 0.306 e. The lowest BCUT2D eigenvalue weighted by Gasteiger charge is -2.20. The molecule has 44 heavy (non-hydrogen) atoms. The average Bonchev–Trinajstić information content (AvgIpc) is 2.97. The van der Waals surface area contributed by atoms with Crippen molar-refractivity contribution in [2.24, 2.45) is 0 Å². The molecule has 5 nitrogen and oxygen atoms in total. The highest BCUT2D eigenvalue weighted by Crippen LogP contribution is 2.18. The number of hydrogen-bond acceptors (Lipinski definition) is 5. The van der Waals surface area contributed by atoms with Crippen LogP contribution >= 0.6 is 0 Å². The SMILES string of the molecule is CCCCCCCCC(CCCCCCCC)OC(=O)CCCCCCCN(CC)CCCCCCCC(=O)OC(C)(C)C. The molecule has 0 aromatic rings. The highest BCUT2D eigenvalue weighted by atomic mass is 16.6. The van der Waals surface area contributed by atoms with Gasteiger partial charge in [0.2, 0.25) is 0 Å². The second kappa shape index (κ2) is 30.5. The van der Waals surface area contributed by atoms with E-state index in [0.717, 1.165) is 45.1 Å². The summed E-state index contributed by atoms with van der Waals surface area (Å²) in [6.45, 7) is 16.0. The molecule has 0 rings (SSSR count). The summed E-state index contributed by atoms with van der Waals surface area (Å²) in [6, 6.07) is 0. The van der Waals surface area contributed by atoms with Crippen molar-refractivity contribution in [1.82, 2.24) is 4.90 Å². The van der Waals surface area contributed by atoms with Crippen LogP contribution in [0.5, 0.6) is 0 Å². The zero-order valence-corrected chi connectivity index (χ0v) is 30.7. The van der Waals surface area contributed by atoms with E-state index in [2.05, 4.69) is 25.7 Å². The van der Waals surface area contributed by atoms with Crippen molar-refractivity contribution in [3.63, 3.8) is 0 Å². The van der Waals surface area contributed by atoms with E-state index in [1.54, 1.807) is 0 Å². The molecule has 0 aromatic heterocycles. The monoisotopic (exact) mass is 624 g/mol. The molecule has 0 aromatic carbocycles. The van der Waals surface area contributed by atoms with Crippen LogP contribution in [0.25, 0.3) is 0 Å². The first-order valence-electron chi connectivity index (χ1n) is 19.3. The Kier molecular flexibility index (Phi) is 29.8. The number of nitrogens with zero attached hydrogens (tertiary/aromatic N) is 1. The van der Waals surface area contributed by atoms with Crippen molar-refractivity contribution in [2.45, 2.75) is 220 Å². The van der Waals surface area contributed by atoms with E-state index in [9.17, 15) is 9.59 Å². The van der Waals surface area contributed by atoms with E-state index in [1.807, 2.05) is 20.8 Å². The van der Waals surface area contributed by atoms with Gasteiger partial charge >= 0.3 is 11.9 Å². The topological polar surface area (TPSA) is 55.8 Å². The van der Waals surface area contributed by atoms with Gasteiger partial charge in [-0.3, -0.25) is 9.59 Å². The van der Waals surface area contributed by atoms with E-state index >= 15 is 0 Å². The first kappa shape index (κ1) is 42.9. The van der Waals surface area contributed by atoms with Crippen molar-refractivity contribution in [3.05, 3.63) is 0 Å². The minimum Gasteiger partial charge on any atom is -0.462 e. The lowest BCUT2D eigenvalue weighted by atomic mass is 10.0. The molecule has 0 amide bonds. The molecular formula is C39H77NO4. The van der Waals surface area contributed by atoms with Crippen LogP contribution in [0.15, 0.2) is 0 Å². The van der Waals surface area contributed by atoms with Gasteiger partial charge in [0.05, 0.1) is 0 Å². The fourth-order valence-corrected chi connectivity index (χ4v) is 5.90. The zero-order valence-electron chi connectivity index (χ0n) is 30.7. The maximum atomic E-state index is 12.6. The van der Waals surface area contributed by atoms with Gasteiger partial charge in [-0.25, -0.2) is 0 Å². The molecule has 0 atom stereocenters. The Balaban J connectivity index is 3.96. The molecular weight excluding hydrogens is 546 g/mol. The molecule has 0 aliphatic carbocycles. The fraction of sp³-hybridized carbons (Fsp3) is 0.949. The second-order valence-corrected chi connectivity index (χ2v) is 14.3. The molecule has 0 aliphatic rings. The number of hydrogen-bond donors (Lipinski definition) is 0. The molecule has 0 saturated heterocycles. The lowest BCUT2D eigenvalue weighted by Crippen LogP contribution is -2.25. The van der Waals surface area contributed by atoms with Gasteiger partial charge in [0.15, 0.2) is 0 Å². The van der Waals surface area contributed by atoms with Crippen LogP contribution in [-0.4, -0.2) is 48.2 Å². The first-order chi connectivity index (χ1) is 21.2. The predicted octanol–water partition coefficient (Wildman–Crippen LogP) is 11.7. The minimum atomic E-state index is -0.377. The van der Waals surface area contributed by atoms with Crippen LogP contribution in [0.4, 0.5) is 0 Å². The second-order valence-electron chi connectivity index (χ2n) is 14.3. The molecule has 5 heteroatoms. The van der Waals surface area contributed by atoms with Crippen molar-refractivity contribution < 1.29 is 19.1 Å². The number of rotatable bonds is 32. The van der Waals surface area contributed by atoms with Gasteiger partial charge in [-0.1, -0.05) is 124 Å². The largest absolute Gasteiger partial charge is 0.462 e. The number of carbonyl (C=O) groups is 2. The molecule has 0 N–H and O–H groups in total. The number of carbonyl (C=O) groups excluding carboxylic acids is 2. The summed E-state index contributed by atoms with van der Waals surface area (Å²) in [6.07, 6.45) is 30.4. The molecule has 0 fully saturated rings. The Bertz CT molecular complexity index is 629. The van der Waals surface area contributed by atoms with Gasteiger partial charge < -0.3 is 14.4 Å². The molecule has 262 valence electrons. The minimum absolute atomic E-state index is 0.0361. The predicted molar refractivity (Wildman–Crippen MR) is 189 cm³/mol. The quantitative estimate of drug-likeness (QED) is 0.0551. The summed E-state index contributed by atoms with van der Waals surface area (Å²) in [5.74, 6) is -0.0326. The highest BCUT2D eigenvalue weighted by molar-refractivity contribution is 5.70. The fourth-order valence-electron chi connectivity index (χ4n) is 5.90. The number of esters is 2.